The van der Waals surface area contributed by atoms with Crippen LogP contribution in [0, 0.1) is 6.92 Å². The van der Waals surface area contributed by atoms with Crippen LogP contribution < -0.4 is 31.0 Å². The van der Waals surface area contributed by atoms with Crippen LogP contribution >= 0.6 is 0 Å². The van der Waals surface area contributed by atoms with Crippen molar-refractivity contribution < 1.29 is 28.9 Å². The molecule has 166 valence electrons. The summed E-state index contributed by atoms with van der Waals surface area (Å²) in [5, 5.41) is 12.5. The molecule has 1 unspecified atom stereocenters. The number of aromatic carboxylic acids is 1. The Morgan fingerprint density at radius 3 is 2.72 bits per heavy atom. The molecule has 0 bridgehead atoms. The summed E-state index contributed by atoms with van der Waals surface area (Å²) in [5.74, 6) is -0.178. The summed E-state index contributed by atoms with van der Waals surface area (Å²) in [6, 6.07) is 9.92. The molecule has 0 radical (unpaired) electrons. The van der Waals surface area contributed by atoms with Crippen molar-refractivity contribution in [3.63, 3.8) is 0 Å². The fourth-order valence-electron chi connectivity index (χ4n) is 3.49. The summed E-state index contributed by atoms with van der Waals surface area (Å²) in [7, 11) is 0. The van der Waals surface area contributed by atoms with Gasteiger partial charge in [0.1, 0.15) is 37.3 Å². The van der Waals surface area contributed by atoms with Crippen molar-refractivity contribution in [3.05, 3.63) is 53.2 Å². The lowest BCUT2D eigenvalue weighted by Crippen LogP contribution is -2.45. The highest BCUT2D eigenvalue weighted by Gasteiger charge is 2.20. The number of hydrogen-bond acceptors (Lipinski definition) is 8. The molecule has 32 heavy (non-hydrogen) atoms. The van der Waals surface area contributed by atoms with E-state index >= 15 is 0 Å². The van der Waals surface area contributed by atoms with Gasteiger partial charge in [0, 0.05) is 5.56 Å². The maximum atomic E-state index is 12.5. The Bertz CT molecular complexity index is 1210. The number of aromatic nitrogens is 1. The number of ether oxygens (including phenoxy) is 3. The van der Waals surface area contributed by atoms with Crippen LogP contribution in [-0.4, -0.2) is 48.0 Å². The standard InChI is InChI=1S/C22H22N4O6/c1-11-18(22(28)29)20(24)19-13(25-11)3-2-4-15(19)32-10-17(23)26-21(27)12-5-6-14-16(9-12)31-8-7-30-14/h2-6,9,17H,7-8,10,23H2,1H3,(H2,24,25)(H,26,27)(H,28,29). The van der Waals surface area contributed by atoms with Gasteiger partial charge in [-0.3, -0.25) is 9.78 Å². The van der Waals surface area contributed by atoms with Crippen LogP contribution in [0.2, 0.25) is 0 Å². The van der Waals surface area contributed by atoms with Crippen LogP contribution in [0.4, 0.5) is 5.69 Å². The van der Waals surface area contributed by atoms with Crippen molar-refractivity contribution in [2.45, 2.75) is 13.1 Å². The largest absolute Gasteiger partial charge is 0.489 e. The van der Waals surface area contributed by atoms with E-state index in [0.717, 1.165) is 0 Å². The number of aryl methyl sites for hydroxylation is 1. The number of nitrogen functional groups attached to an aromatic ring is 1. The van der Waals surface area contributed by atoms with Gasteiger partial charge < -0.3 is 36.1 Å². The predicted octanol–water partition coefficient (Wildman–Crippen LogP) is 1.69. The zero-order chi connectivity index (χ0) is 22.8. The number of carboxylic acids is 1. The van der Waals surface area contributed by atoms with Crippen LogP contribution in [0.3, 0.4) is 0 Å². The van der Waals surface area contributed by atoms with Gasteiger partial charge in [0.2, 0.25) is 0 Å². The Kier molecular flexibility index (Phi) is 5.69. The minimum atomic E-state index is -1.17. The molecule has 10 nitrogen and oxygen atoms in total. The van der Waals surface area contributed by atoms with Gasteiger partial charge in [-0.1, -0.05) is 6.07 Å². The first-order chi connectivity index (χ1) is 15.3. The summed E-state index contributed by atoms with van der Waals surface area (Å²) in [5.41, 5.74) is 13.3. The molecular formula is C22H22N4O6. The third-order valence-electron chi connectivity index (χ3n) is 4.95. The second-order valence-corrected chi connectivity index (χ2v) is 7.19. The van der Waals surface area contributed by atoms with Crippen molar-refractivity contribution in [2.24, 2.45) is 5.73 Å². The van der Waals surface area contributed by atoms with E-state index in [-0.39, 0.29) is 17.9 Å². The number of nitrogens with zero attached hydrogens (tertiary/aromatic N) is 1. The Morgan fingerprint density at radius 1 is 1.22 bits per heavy atom. The van der Waals surface area contributed by atoms with Gasteiger partial charge >= 0.3 is 5.97 Å². The number of pyridine rings is 1. The average Bonchev–Trinajstić information content (AvgIpc) is 2.76. The molecule has 3 aromatic rings. The normalized spacial score (nSPS) is 13.4. The van der Waals surface area contributed by atoms with Crippen molar-refractivity contribution in [1.29, 1.82) is 0 Å². The SMILES string of the molecule is Cc1nc2cccc(OCC(N)NC(=O)c3ccc4c(c3)OCCO4)c2c(N)c1C(=O)O. The van der Waals surface area contributed by atoms with E-state index < -0.39 is 18.0 Å². The van der Waals surface area contributed by atoms with Gasteiger partial charge in [-0.05, 0) is 37.3 Å². The highest BCUT2D eigenvalue weighted by atomic mass is 16.6. The monoisotopic (exact) mass is 438 g/mol. The Hall–Kier alpha value is -4.05. The lowest BCUT2D eigenvalue weighted by molar-refractivity contribution is 0.0696. The number of nitrogens with two attached hydrogens (primary N) is 2. The molecule has 1 aliphatic rings. The van der Waals surface area contributed by atoms with Gasteiger partial charge in [0.05, 0.1) is 22.3 Å². The molecule has 1 atom stereocenters. The maximum Gasteiger partial charge on any atom is 0.339 e. The molecule has 0 aliphatic carbocycles. The number of carbonyl (C=O) groups is 2. The first-order valence-electron chi connectivity index (χ1n) is 9.86. The molecule has 0 saturated carbocycles. The number of nitrogens with one attached hydrogen (secondary N) is 1. The Morgan fingerprint density at radius 2 is 1.97 bits per heavy atom. The molecule has 0 spiro atoms. The van der Waals surface area contributed by atoms with Crippen molar-refractivity contribution >= 4 is 28.5 Å². The predicted molar refractivity (Wildman–Crippen MR) is 116 cm³/mol. The van der Waals surface area contributed by atoms with Crippen LogP contribution in [-0.2, 0) is 0 Å². The van der Waals surface area contributed by atoms with Gasteiger partial charge in [0.15, 0.2) is 11.5 Å². The fraction of sp³-hybridized carbons (Fsp3) is 0.227. The second-order valence-electron chi connectivity index (χ2n) is 7.19. The molecule has 1 aromatic heterocycles. The average molecular weight is 438 g/mol. The molecule has 0 saturated heterocycles. The lowest BCUT2D eigenvalue weighted by atomic mass is 10.1. The van der Waals surface area contributed by atoms with E-state index in [2.05, 4.69) is 10.3 Å². The molecule has 2 aromatic carbocycles. The van der Waals surface area contributed by atoms with E-state index in [0.29, 0.717) is 52.6 Å². The Labute approximate surface area is 183 Å². The summed E-state index contributed by atoms with van der Waals surface area (Å²) < 4.78 is 16.7. The second kappa shape index (κ2) is 8.60. The van der Waals surface area contributed by atoms with Gasteiger partial charge in [-0.2, -0.15) is 0 Å². The van der Waals surface area contributed by atoms with Crippen LogP contribution in [0.1, 0.15) is 26.4 Å². The number of fused-ring (bicyclic) bond motifs is 2. The quantitative estimate of drug-likeness (QED) is 0.420. The minimum Gasteiger partial charge on any atom is -0.489 e. The smallest absolute Gasteiger partial charge is 0.339 e. The van der Waals surface area contributed by atoms with E-state index in [1.54, 1.807) is 43.3 Å². The maximum absolute atomic E-state index is 12.5. The fourth-order valence-corrected chi connectivity index (χ4v) is 3.49. The highest BCUT2D eigenvalue weighted by molar-refractivity contribution is 6.06. The number of benzene rings is 2. The number of amides is 1. The molecule has 1 aliphatic heterocycles. The Balaban J connectivity index is 1.48. The molecule has 1 amide bonds. The first-order valence-corrected chi connectivity index (χ1v) is 9.86. The first kappa shape index (κ1) is 21.2. The molecular weight excluding hydrogens is 416 g/mol. The molecule has 4 rings (SSSR count). The van der Waals surface area contributed by atoms with E-state index in [1.165, 1.54) is 0 Å². The van der Waals surface area contributed by atoms with Crippen LogP contribution in [0.15, 0.2) is 36.4 Å². The van der Waals surface area contributed by atoms with E-state index in [1.807, 2.05) is 0 Å². The van der Waals surface area contributed by atoms with Gasteiger partial charge in [-0.15, -0.1) is 0 Å². The molecule has 0 fully saturated rings. The zero-order valence-corrected chi connectivity index (χ0v) is 17.3. The van der Waals surface area contributed by atoms with E-state index in [9.17, 15) is 14.7 Å². The summed E-state index contributed by atoms with van der Waals surface area (Å²) in [6.45, 7) is 2.38. The minimum absolute atomic E-state index is 0.0597. The summed E-state index contributed by atoms with van der Waals surface area (Å²) >= 11 is 0. The summed E-state index contributed by atoms with van der Waals surface area (Å²) in [6.07, 6.45) is -0.843. The lowest BCUT2D eigenvalue weighted by Gasteiger charge is -2.20. The van der Waals surface area contributed by atoms with E-state index in [4.69, 9.17) is 25.7 Å². The van der Waals surface area contributed by atoms with Crippen molar-refractivity contribution in [3.8, 4) is 17.2 Å². The van der Waals surface area contributed by atoms with Crippen molar-refractivity contribution in [1.82, 2.24) is 10.3 Å². The molecule has 10 heteroatoms. The van der Waals surface area contributed by atoms with Gasteiger partial charge in [-0.25, -0.2) is 4.79 Å². The zero-order valence-electron chi connectivity index (χ0n) is 17.3. The van der Waals surface area contributed by atoms with Crippen molar-refractivity contribution in [2.75, 3.05) is 25.6 Å². The highest BCUT2D eigenvalue weighted by Crippen LogP contribution is 2.33. The number of hydrogen-bond donors (Lipinski definition) is 4. The molecule has 2 heterocycles. The third kappa shape index (κ3) is 4.08. The van der Waals surface area contributed by atoms with Gasteiger partial charge in [0.25, 0.3) is 5.91 Å². The van der Waals surface area contributed by atoms with Crippen LogP contribution in [0.5, 0.6) is 17.2 Å². The number of anilines is 1. The molecule has 6 N–H and O–H groups in total. The topological polar surface area (TPSA) is 159 Å². The van der Waals surface area contributed by atoms with Crippen LogP contribution in [0.25, 0.3) is 10.9 Å². The number of rotatable bonds is 6. The summed E-state index contributed by atoms with van der Waals surface area (Å²) in [4.78, 5) is 28.4. The third-order valence-corrected chi connectivity index (χ3v) is 4.95. The number of carbonyl (C=O) groups excluding carboxylic acids is 1. The number of carboxylic acid groups (broad SMARTS) is 1.